The highest BCUT2D eigenvalue weighted by atomic mass is 16.5. The highest BCUT2D eigenvalue weighted by molar-refractivity contribution is 5.76. The number of imidazole rings is 1. The summed E-state index contributed by atoms with van der Waals surface area (Å²) in [6.07, 6.45) is 1.01. The third-order valence-electron chi connectivity index (χ3n) is 3.24. The second-order valence-corrected chi connectivity index (χ2v) is 6.20. The number of nitrogens with zero attached hydrogens (tertiary/aromatic N) is 1. The van der Waals surface area contributed by atoms with Gasteiger partial charge in [-0.2, -0.15) is 0 Å². The van der Waals surface area contributed by atoms with E-state index in [-0.39, 0.29) is 11.3 Å². The first-order valence-electron chi connectivity index (χ1n) is 6.66. The van der Waals surface area contributed by atoms with Crippen molar-refractivity contribution in [2.45, 2.75) is 33.1 Å². The molecule has 19 heavy (non-hydrogen) atoms. The summed E-state index contributed by atoms with van der Waals surface area (Å²) in [6, 6.07) is 5.86. The molecule has 4 nitrogen and oxygen atoms in total. The highest BCUT2D eigenvalue weighted by Crippen LogP contribution is 2.30. The van der Waals surface area contributed by atoms with Gasteiger partial charge in [0.2, 0.25) is 0 Å². The molecular weight excluding hydrogens is 238 g/mol. The zero-order chi connectivity index (χ0) is 14.0. The van der Waals surface area contributed by atoms with E-state index in [0.29, 0.717) is 6.54 Å². The van der Waals surface area contributed by atoms with Gasteiger partial charge in [-0.15, -0.1) is 0 Å². The third-order valence-corrected chi connectivity index (χ3v) is 3.24. The first kappa shape index (κ1) is 13.9. The van der Waals surface area contributed by atoms with Crippen LogP contribution in [0.4, 0.5) is 0 Å². The SMILES string of the molecule is COc1ccc2nc(C(CN)CC(C)(C)C)[nH]c2c1. The zero-order valence-electron chi connectivity index (χ0n) is 12.2. The van der Waals surface area contributed by atoms with Crippen molar-refractivity contribution in [1.29, 1.82) is 0 Å². The predicted molar refractivity (Wildman–Crippen MR) is 78.5 cm³/mol. The number of hydrogen-bond acceptors (Lipinski definition) is 3. The number of aromatic nitrogens is 2. The molecule has 0 bridgehead atoms. The number of fused-ring (bicyclic) bond motifs is 1. The Bertz CT molecular complexity index is 554. The molecule has 0 aliphatic heterocycles. The van der Waals surface area contributed by atoms with Crippen molar-refractivity contribution >= 4 is 11.0 Å². The minimum atomic E-state index is 0.237. The van der Waals surface area contributed by atoms with E-state index in [4.69, 9.17) is 10.5 Å². The lowest BCUT2D eigenvalue weighted by Gasteiger charge is -2.23. The molecule has 2 rings (SSSR count). The van der Waals surface area contributed by atoms with Gasteiger partial charge in [0.05, 0.1) is 18.1 Å². The van der Waals surface area contributed by atoms with Gasteiger partial charge in [0.1, 0.15) is 11.6 Å². The Labute approximate surface area is 114 Å². The van der Waals surface area contributed by atoms with Crippen LogP contribution in [0, 0.1) is 5.41 Å². The normalized spacial score (nSPS) is 13.7. The van der Waals surface area contributed by atoms with Crippen molar-refractivity contribution in [1.82, 2.24) is 9.97 Å². The molecular formula is C15H23N3O. The lowest BCUT2D eigenvalue weighted by atomic mass is 9.84. The lowest BCUT2D eigenvalue weighted by Crippen LogP contribution is -2.20. The van der Waals surface area contributed by atoms with E-state index in [1.807, 2.05) is 18.2 Å². The Kier molecular flexibility index (Phi) is 3.80. The molecule has 0 radical (unpaired) electrons. The standard InChI is InChI=1S/C15H23N3O/c1-15(2,3)8-10(9-16)14-17-12-6-5-11(19-4)7-13(12)18-14/h5-7,10H,8-9,16H2,1-4H3,(H,17,18). The second-order valence-electron chi connectivity index (χ2n) is 6.20. The van der Waals surface area contributed by atoms with Crippen molar-refractivity contribution in [2.75, 3.05) is 13.7 Å². The maximum absolute atomic E-state index is 5.91. The average molecular weight is 261 g/mol. The summed E-state index contributed by atoms with van der Waals surface area (Å²) in [7, 11) is 1.67. The van der Waals surface area contributed by atoms with Crippen LogP contribution in [-0.2, 0) is 0 Å². The van der Waals surface area contributed by atoms with Gasteiger partial charge in [0.15, 0.2) is 0 Å². The molecule has 0 aliphatic rings. The summed E-state index contributed by atoms with van der Waals surface area (Å²) in [5, 5.41) is 0. The minimum absolute atomic E-state index is 0.237. The number of benzene rings is 1. The molecule has 1 aromatic carbocycles. The molecule has 1 unspecified atom stereocenters. The fourth-order valence-electron chi connectivity index (χ4n) is 2.36. The fourth-order valence-corrected chi connectivity index (χ4v) is 2.36. The Morgan fingerprint density at radius 3 is 2.68 bits per heavy atom. The van der Waals surface area contributed by atoms with Crippen molar-refractivity contribution in [3.05, 3.63) is 24.0 Å². The van der Waals surface area contributed by atoms with Crippen LogP contribution >= 0.6 is 0 Å². The lowest BCUT2D eigenvalue weighted by molar-refractivity contribution is 0.337. The quantitative estimate of drug-likeness (QED) is 0.889. The number of nitrogens with two attached hydrogens (primary N) is 1. The minimum Gasteiger partial charge on any atom is -0.497 e. The molecule has 1 atom stereocenters. The van der Waals surface area contributed by atoms with Gasteiger partial charge < -0.3 is 15.5 Å². The molecule has 0 aliphatic carbocycles. The van der Waals surface area contributed by atoms with Crippen LogP contribution in [0.25, 0.3) is 11.0 Å². The van der Waals surface area contributed by atoms with Gasteiger partial charge >= 0.3 is 0 Å². The Morgan fingerprint density at radius 1 is 1.37 bits per heavy atom. The molecule has 0 saturated heterocycles. The topological polar surface area (TPSA) is 63.9 Å². The number of rotatable bonds is 4. The summed E-state index contributed by atoms with van der Waals surface area (Å²) in [5.74, 6) is 2.07. The Morgan fingerprint density at radius 2 is 2.11 bits per heavy atom. The monoisotopic (exact) mass is 261 g/mol. The van der Waals surface area contributed by atoms with Crippen LogP contribution in [0.5, 0.6) is 5.75 Å². The average Bonchev–Trinajstić information content (AvgIpc) is 2.77. The van der Waals surface area contributed by atoms with Crippen LogP contribution in [-0.4, -0.2) is 23.6 Å². The van der Waals surface area contributed by atoms with E-state index < -0.39 is 0 Å². The molecule has 0 amide bonds. The zero-order valence-corrected chi connectivity index (χ0v) is 12.2. The highest BCUT2D eigenvalue weighted by Gasteiger charge is 2.21. The molecule has 0 spiro atoms. The second kappa shape index (κ2) is 5.21. The molecule has 104 valence electrons. The summed E-state index contributed by atoms with van der Waals surface area (Å²) >= 11 is 0. The maximum atomic E-state index is 5.91. The number of nitrogens with one attached hydrogen (secondary N) is 1. The van der Waals surface area contributed by atoms with E-state index >= 15 is 0 Å². The van der Waals surface area contributed by atoms with Crippen molar-refractivity contribution in [2.24, 2.45) is 11.1 Å². The first-order chi connectivity index (χ1) is 8.93. The van der Waals surface area contributed by atoms with Gasteiger partial charge in [-0.3, -0.25) is 0 Å². The van der Waals surface area contributed by atoms with E-state index in [1.54, 1.807) is 7.11 Å². The summed E-state index contributed by atoms with van der Waals surface area (Å²) in [5.41, 5.74) is 8.10. The van der Waals surface area contributed by atoms with Gasteiger partial charge in [-0.25, -0.2) is 4.98 Å². The van der Waals surface area contributed by atoms with Gasteiger partial charge in [0.25, 0.3) is 0 Å². The first-order valence-corrected chi connectivity index (χ1v) is 6.66. The van der Waals surface area contributed by atoms with Gasteiger partial charge in [-0.05, 0) is 24.0 Å². The molecule has 0 saturated carbocycles. The van der Waals surface area contributed by atoms with Gasteiger partial charge in [-0.1, -0.05) is 20.8 Å². The van der Waals surface area contributed by atoms with Gasteiger partial charge in [0, 0.05) is 18.5 Å². The van der Waals surface area contributed by atoms with E-state index in [2.05, 4.69) is 30.7 Å². The van der Waals surface area contributed by atoms with Crippen LogP contribution in [0.2, 0.25) is 0 Å². The molecule has 1 heterocycles. The van der Waals surface area contributed by atoms with Crippen molar-refractivity contribution < 1.29 is 4.74 Å². The molecule has 0 fully saturated rings. The van der Waals surface area contributed by atoms with E-state index in [9.17, 15) is 0 Å². The fraction of sp³-hybridized carbons (Fsp3) is 0.533. The Hall–Kier alpha value is -1.55. The third kappa shape index (κ3) is 3.26. The van der Waals surface area contributed by atoms with Crippen LogP contribution in [0.15, 0.2) is 18.2 Å². The summed E-state index contributed by atoms with van der Waals surface area (Å²) < 4.78 is 5.23. The molecule has 4 heteroatoms. The largest absolute Gasteiger partial charge is 0.497 e. The van der Waals surface area contributed by atoms with E-state index in [0.717, 1.165) is 29.0 Å². The number of H-pyrrole nitrogens is 1. The smallest absolute Gasteiger partial charge is 0.121 e. The molecule has 1 aromatic heterocycles. The molecule has 3 N–H and O–H groups in total. The number of ether oxygens (including phenoxy) is 1. The summed E-state index contributed by atoms with van der Waals surface area (Å²) in [4.78, 5) is 8.03. The number of methoxy groups -OCH3 is 1. The number of hydrogen-bond donors (Lipinski definition) is 2. The van der Waals surface area contributed by atoms with Crippen LogP contribution < -0.4 is 10.5 Å². The predicted octanol–water partition coefficient (Wildman–Crippen LogP) is 3.05. The Balaban J connectivity index is 2.33. The van der Waals surface area contributed by atoms with Crippen LogP contribution in [0.3, 0.4) is 0 Å². The van der Waals surface area contributed by atoms with Crippen LogP contribution in [0.1, 0.15) is 38.9 Å². The number of aromatic amines is 1. The van der Waals surface area contributed by atoms with Crippen molar-refractivity contribution in [3.8, 4) is 5.75 Å². The van der Waals surface area contributed by atoms with E-state index in [1.165, 1.54) is 0 Å². The molecule has 2 aromatic rings. The maximum Gasteiger partial charge on any atom is 0.121 e. The summed E-state index contributed by atoms with van der Waals surface area (Å²) in [6.45, 7) is 7.28. The van der Waals surface area contributed by atoms with Crippen molar-refractivity contribution in [3.63, 3.8) is 0 Å².